The van der Waals surface area contributed by atoms with Crippen molar-refractivity contribution in [3.05, 3.63) is 40.8 Å². The fraction of sp³-hybridized carbons (Fsp3) is 0.312. The number of carbonyl (C=O) groups excluding carboxylic acids is 1. The van der Waals surface area contributed by atoms with Crippen LogP contribution in [0.5, 0.6) is 0 Å². The Morgan fingerprint density at radius 3 is 2.71 bits per heavy atom. The Kier molecular flexibility index (Phi) is 4.30. The Morgan fingerprint density at radius 2 is 2.14 bits per heavy atom. The Bertz CT molecular complexity index is 700. The molecule has 0 spiro atoms. The number of thiophene rings is 1. The molecule has 3 nitrogen and oxygen atoms in total. The van der Waals surface area contributed by atoms with Crippen LogP contribution in [-0.2, 0) is 0 Å². The van der Waals surface area contributed by atoms with E-state index < -0.39 is 0 Å². The Labute approximate surface area is 134 Å². The van der Waals surface area contributed by atoms with Gasteiger partial charge in [0.05, 0.1) is 5.69 Å². The first-order chi connectivity index (χ1) is 9.75. The minimum Gasteiger partial charge on any atom is -0.397 e. The standard InChI is InChI=1S/C16H19ClN2OS/c1-5-8-19(16(2,3)4)15(20)14-13(18)11-7-6-10(17)9-12(11)21-14/h5-7,9H,1,8,18H2,2-4H3. The highest BCUT2D eigenvalue weighted by Gasteiger charge is 2.29. The molecule has 1 aromatic carbocycles. The minimum absolute atomic E-state index is 0.0720. The summed E-state index contributed by atoms with van der Waals surface area (Å²) in [5.41, 5.74) is 6.38. The first kappa shape index (κ1) is 15.9. The summed E-state index contributed by atoms with van der Waals surface area (Å²) in [6.07, 6.45) is 1.73. The molecule has 112 valence electrons. The molecule has 0 fully saturated rings. The van der Waals surface area contributed by atoms with Gasteiger partial charge in [0.1, 0.15) is 4.88 Å². The highest BCUT2D eigenvalue weighted by Crippen LogP contribution is 2.36. The van der Waals surface area contributed by atoms with Crippen LogP contribution in [0.4, 0.5) is 5.69 Å². The topological polar surface area (TPSA) is 46.3 Å². The highest BCUT2D eigenvalue weighted by molar-refractivity contribution is 7.21. The lowest BCUT2D eigenvalue weighted by molar-refractivity contribution is 0.0623. The molecular weight excluding hydrogens is 304 g/mol. The number of halogens is 1. The zero-order valence-electron chi connectivity index (χ0n) is 12.4. The van der Waals surface area contributed by atoms with Gasteiger partial charge in [-0.15, -0.1) is 17.9 Å². The van der Waals surface area contributed by atoms with Gasteiger partial charge in [0.25, 0.3) is 5.91 Å². The number of hydrogen-bond acceptors (Lipinski definition) is 3. The van der Waals surface area contributed by atoms with Crippen LogP contribution >= 0.6 is 22.9 Å². The quantitative estimate of drug-likeness (QED) is 0.842. The van der Waals surface area contributed by atoms with Gasteiger partial charge >= 0.3 is 0 Å². The lowest BCUT2D eigenvalue weighted by Crippen LogP contribution is -2.45. The van der Waals surface area contributed by atoms with Crippen LogP contribution in [0.3, 0.4) is 0 Å². The van der Waals surface area contributed by atoms with E-state index in [1.807, 2.05) is 32.9 Å². The summed E-state index contributed by atoms with van der Waals surface area (Å²) >= 11 is 7.38. The maximum absolute atomic E-state index is 12.8. The molecule has 0 radical (unpaired) electrons. The molecule has 0 aliphatic rings. The van der Waals surface area contributed by atoms with E-state index >= 15 is 0 Å². The van der Waals surface area contributed by atoms with Crippen LogP contribution in [0.25, 0.3) is 10.1 Å². The summed E-state index contributed by atoms with van der Waals surface area (Å²) in [5, 5.41) is 1.52. The van der Waals surface area contributed by atoms with Gasteiger partial charge < -0.3 is 10.6 Å². The average Bonchev–Trinajstić information content (AvgIpc) is 2.70. The van der Waals surface area contributed by atoms with Crippen molar-refractivity contribution < 1.29 is 4.79 Å². The van der Waals surface area contributed by atoms with E-state index in [1.54, 1.807) is 17.0 Å². The fourth-order valence-electron chi connectivity index (χ4n) is 2.16. The van der Waals surface area contributed by atoms with Crippen LogP contribution in [0.1, 0.15) is 30.4 Å². The number of rotatable bonds is 3. The summed E-state index contributed by atoms with van der Waals surface area (Å²) < 4.78 is 0.927. The van der Waals surface area contributed by atoms with Crippen LogP contribution in [-0.4, -0.2) is 22.9 Å². The number of nitrogen functional groups attached to an aromatic ring is 1. The smallest absolute Gasteiger partial charge is 0.266 e. The van der Waals surface area contributed by atoms with E-state index in [1.165, 1.54) is 11.3 Å². The Morgan fingerprint density at radius 1 is 1.48 bits per heavy atom. The van der Waals surface area contributed by atoms with Gasteiger partial charge in [0.2, 0.25) is 0 Å². The monoisotopic (exact) mass is 322 g/mol. The second-order valence-electron chi connectivity index (χ2n) is 5.86. The maximum atomic E-state index is 12.8. The molecule has 0 aliphatic carbocycles. The summed E-state index contributed by atoms with van der Waals surface area (Å²) in [5.74, 6) is -0.0720. The molecule has 2 rings (SSSR count). The fourth-order valence-corrected chi connectivity index (χ4v) is 3.51. The predicted octanol–water partition coefficient (Wildman–Crippen LogP) is 4.56. The zero-order valence-corrected chi connectivity index (χ0v) is 14.0. The van der Waals surface area contributed by atoms with Crippen molar-refractivity contribution in [3.8, 4) is 0 Å². The van der Waals surface area contributed by atoms with Gasteiger partial charge in [-0.2, -0.15) is 0 Å². The number of amides is 1. The van der Waals surface area contributed by atoms with Crippen molar-refractivity contribution in [1.82, 2.24) is 4.90 Å². The van der Waals surface area contributed by atoms with Gasteiger partial charge in [-0.3, -0.25) is 4.79 Å². The summed E-state index contributed by atoms with van der Waals surface area (Å²) in [6, 6.07) is 5.48. The van der Waals surface area contributed by atoms with E-state index in [9.17, 15) is 4.79 Å². The van der Waals surface area contributed by atoms with Crippen LogP contribution in [0, 0.1) is 0 Å². The van der Waals surface area contributed by atoms with E-state index in [2.05, 4.69) is 6.58 Å². The van der Waals surface area contributed by atoms with Crippen molar-refractivity contribution in [1.29, 1.82) is 0 Å². The van der Waals surface area contributed by atoms with Gasteiger partial charge in [0, 0.05) is 27.2 Å². The molecule has 0 bridgehead atoms. The third-order valence-corrected chi connectivity index (χ3v) is 4.64. The number of hydrogen-bond donors (Lipinski definition) is 1. The van der Waals surface area contributed by atoms with Crippen LogP contribution in [0.2, 0.25) is 5.02 Å². The van der Waals surface area contributed by atoms with Crippen molar-refractivity contribution in [3.63, 3.8) is 0 Å². The van der Waals surface area contributed by atoms with Crippen LogP contribution in [0.15, 0.2) is 30.9 Å². The van der Waals surface area contributed by atoms with Crippen LogP contribution < -0.4 is 5.73 Å². The van der Waals surface area contributed by atoms with E-state index in [4.69, 9.17) is 17.3 Å². The molecule has 1 amide bonds. The number of carbonyl (C=O) groups is 1. The van der Waals surface area contributed by atoms with Crippen molar-refractivity contribution in [2.24, 2.45) is 0 Å². The van der Waals surface area contributed by atoms with Gasteiger partial charge in [-0.05, 0) is 39.0 Å². The molecule has 2 aromatic rings. The lowest BCUT2D eigenvalue weighted by atomic mass is 10.1. The Hall–Kier alpha value is -1.52. The van der Waals surface area contributed by atoms with Crippen molar-refractivity contribution in [2.75, 3.05) is 12.3 Å². The molecule has 1 heterocycles. The highest BCUT2D eigenvalue weighted by atomic mass is 35.5. The normalized spacial score (nSPS) is 11.6. The predicted molar refractivity (Wildman–Crippen MR) is 92.2 cm³/mol. The lowest BCUT2D eigenvalue weighted by Gasteiger charge is -2.34. The number of anilines is 1. The molecular formula is C16H19ClN2OS. The molecule has 0 aliphatic heterocycles. The molecule has 2 N–H and O–H groups in total. The molecule has 5 heteroatoms. The van der Waals surface area contributed by atoms with Crippen molar-refractivity contribution >= 4 is 44.6 Å². The first-order valence-corrected chi connectivity index (χ1v) is 7.85. The first-order valence-electron chi connectivity index (χ1n) is 6.66. The summed E-state index contributed by atoms with van der Waals surface area (Å²) in [4.78, 5) is 15.2. The molecule has 0 atom stereocenters. The molecule has 1 aromatic heterocycles. The number of benzene rings is 1. The maximum Gasteiger partial charge on any atom is 0.266 e. The number of nitrogens with two attached hydrogens (primary N) is 1. The largest absolute Gasteiger partial charge is 0.397 e. The SMILES string of the molecule is C=CCN(C(=O)c1sc2cc(Cl)ccc2c1N)C(C)(C)C. The van der Waals surface area contributed by atoms with Gasteiger partial charge in [0.15, 0.2) is 0 Å². The second kappa shape index (κ2) is 5.70. The van der Waals surface area contributed by atoms with E-state index in [0.29, 0.717) is 22.1 Å². The number of nitrogens with zero attached hydrogens (tertiary/aromatic N) is 1. The summed E-state index contributed by atoms with van der Waals surface area (Å²) in [6.45, 7) is 10.2. The van der Waals surface area contributed by atoms with Gasteiger partial charge in [-0.25, -0.2) is 0 Å². The van der Waals surface area contributed by atoms with E-state index in [-0.39, 0.29) is 11.4 Å². The summed E-state index contributed by atoms with van der Waals surface area (Å²) in [7, 11) is 0. The zero-order chi connectivity index (χ0) is 15.8. The van der Waals surface area contributed by atoms with Gasteiger partial charge in [-0.1, -0.05) is 17.7 Å². The van der Waals surface area contributed by atoms with E-state index in [0.717, 1.165) is 10.1 Å². The Balaban J connectivity index is 2.52. The van der Waals surface area contributed by atoms with Crippen molar-refractivity contribution in [2.45, 2.75) is 26.3 Å². The molecule has 0 saturated heterocycles. The minimum atomic E-state index is -0.300. The average molecular weight is 323 g/mol. The third kappa shape index (κ3) is 3.06. The molecule has 0 unspecified atom stereocenters. The molecule has 21 heavy (non-hydrogen) atoms. The third-order valence-electron chi connectivity index (χ3n) is 3.25. The molecule has 0 saturated carbocycles. The second-order valence-corrected chi connectivity index (χ2v) is 7.35. The number of fused-ring (bicyclic) bond motifs is 1.